The van der Waals surface area contributed by atoms with Gasteiger partial charge in [0.25, 0.3) is 5.91 Å². The fourth-order valence-electron chi connectivity index (χ4n) is 5.23. The Morgan fingerprint density at radius 2 is 1.85 bits per heavy atom. The number of carbonyl (C=O) groups excluding carboxylic acids is 2. The van der Waals surface area contributed by atoms with Gasteiger partial charge in [-0.05, 0) is 62.6 Å². The normalized spacial score (nSPS) is 15.6. The summed E-state index contributed by atoms with van der Waals surface area (Å²) in [7, 11) is 1.82. The molecule has 0 atom stereocenters. The molecule has 41 heavy (non-hydrogen) atoms. The monoisotopic (exact) mass is 561 g/mol. The number of nitrogens with one attached hydrogen (secondary N) is 2. The number of alkyl halides is 3. The van der Waals surface area contributed by atoms with Crippen LogP contribution in [0.15, 0.2) is 54.7 Å². The van der Waals surface area contributed by atoms with Gasteiger partial charge in [-0.2, -0.15) is 18.3 Å². The van der Waals surface area contributed by atoms with Gasteiger partial charge >= 0.3 is 6.18 Å². The summed E-state index contributed by atoms with van der Waals surface area (Å²) in [6, 6.07) is 11.2. The van der Waals surface area contributed by atoms with Gasteiger partial charge in [0.05, 0.1) is 28.9 Å². The van der Waals surface area contributed by atoms with Gasteiger partial charge in [-0.25, -0.2) is 9.97 Å². The second kappa shape index (κ2) is 9.43. The highest BCUT2D eigenvalue weighted by molar-refractivity contribution is 6.07. The van der Waals surface area contributed by atoms with Crippen LogP contribution in [0.3, 0.4) is 0 Å². The van der Waals surface area contributed by atoms with Crippen molar-refractivity contribution in [1.29, 1.82) is 0 Å². The van der Waals surface area contributed by atoms with Crippen LogP contribution in [0, 0.1) is 13.8 Å². The lowest BCUT2D eigenvalue weighted by Gasteiger charge is -2.34. The lowest BCUT2D eigenvalue weighted by molar-refractivity contribution is -0.137. The number of halogens is 3. The van der Waals surface area contributed by atoms with Crippen molar-refractivity contribution in [2.45, 2.75) is 44.8 Å². The molecular weight excluding hydrogens is 535 g/mol. The van der Waals surface area contributed by atoms with Gasteiger partial charge in [-0.1, -0.05) is 12.1 Å². The Labute approximate surface area is 233 Å². The van der Waals surface area contributed by atoms with E-state index in [0.717, 1.165) is 34.8 Å². The summed E-state index contributed by atoms with van der Waals surface area (Å²) < 4.78 is 41.1. The van der Waals surface area contributed by atoms with E-state index in [1.54, 1.807) is 34.0 Å². The Morgan fingerprint density at radius 1 is 1.07 bits per heavy atom. The van der Waals surface area contributed by atoms with Gasteiger partial charge in [0.1, 0.15) is 5.82 Å². The molecule has 6 rings (SSSR count). The van der Waals surface area contributed by atoms with Crippen LogP contribution in [0.5, 0.6) is 0 Å². The van der Waals surface area contributed by atoms with E-state index >= 15 is 0 Å². The first-order valence-electron chi connectivity index (χ1n) is 13.0. The maximum atomic E-state index is 13.9. The first-order valence-corrected chi connectivity index (χ1v) is 13.0. The number of nitrogens with zero attached hydrogens (tertiary/aromatic N) is 5. The Balaban J connectivity index is 1.27. The molecule has 2 aliphatic rings. The third-order valence-corrected chi connectivity index (χ3v) is 7.50. The Kier molecular flexibility index (Phi) is 6.09. The van der Waals surface area contributed by atoms with Crippen molar-refractivity contribution >= 4 is 35.0 Å². The predicted octanol–water partition coefficient (Wildman–Crippen LogP) is 5.42. The van der Waals surface area contributed by atoms with E-state index in [0.29, 0.717) is 35.9 Å². The zero-order valence-corrected chi connectivity index (χ0v) is 22.5. The summed E-state index contributed by atoms with van der Waals surface area (Å²) in [4.78, 5) is 37.6. The summed E-state index contributed by atoms with van der Waals surface area (Å²) in [5.74, 6) is 0.345. The molecule has 0 bridgehead atoms. The van der Waals surface area contributed by atoms with E-state index in [4.69, 9.17) is 4.98 Å². The number of carbonyl (C=O) groups is 2. The molecule has 1 aliphatic carbocycles. The highest BCUT2D eigenvalue weighted by atomic mass is 19.4. The molecule has 0 radical (unpaired) electrons. The molecule has 1 aliphatic heterocycles. The molecule has 2 aromatic heterocycles. The molecule has 1 fully saturated rings. The lowest BCUT2D eigenvalue weighted by Crippen LogP contribution is -2.45. The first-order chi connectivity index (χ1) is 19.4. The number of rotatable bonds is 5. The number of aryl methyl sites for hydroxylation is 3. The maximum absolute atomic E-state index is 13.9. The topological polar surface area (TPSA) is 105 Å². The van der Waals surface area contributed by atoms with Crippen LogP contribution in [0.4, 0.5) is 36.3 Å². The molecule has 1 spiro atoms. The zero-order chi connectivity index (χ0) is 29.1. The largest absolute Gasteiger partial charge is 0.416 e. The minimum absolute atomic E-state index is 0.0875. The number of fused-ring (bicyclic) bond motifs is 2. The molecule has 2 N–H and O–H groups in total. The van der Waals surface area contributed by atoms with Gasteiger partial charge in [-0.15, -0.1) is 0 Å². The van der Waals surface area contributed by atoms with E-state index in [1.165, 1.54) is 12.1 Å². The van der Waals surface area contributed by atoms with Crippen molar-refractivity contribution in [2.75, 3.05) is 15.5 Å². The number of aromatic nitrogens is 4. The molecular formula is C29H26F3N7O2. The minimum Gasteiger partial charge on any atom is -0.322 e. The van der Waals surface area contributed by atoms with Crippen molar-refractivity contribution in [3.63, 3.8) is 0 Å². The summed E-state index contributed by atoms with van der Waals surface area (Å²) in [5.41, 5.74) is 2.37. The predicted molar refractivity (Wildman–Crippen MR) is 146 cm³/mol. The van der Waals surface area contributed by atoms with Gasteiger partial charge < -0.3 is 15.5 Å². The highest BCUT2D eigenvalue weighted by Crippen LogP contribution is 2.53. The Morgan fingerprint density at radius 3 is 2.54 bits per heavy atom. The summed E-state index contributed by atoms with van der Waals surface area (Å²) in [6.45, 7) is 3.99. The Bertz CT molecular complexity index is 1710. The second-order valence-electron chi connectivity index (χ2n) is 10.5. The van der Waals surface area contributed by atoms with Crippen molar-refractivity contribution in [3.8, 4) is 0 Å². The van der Waals surface area contributed by atoms with Crippen LogP contribution in [0.2, 0.25) is 0 Å². The van der Waals surface area contributed by atoms with Crippen molar-refractivity contribution in [1.82, 2.24) is 19.7 Å². The van der Waals surface area contributed by atoms with Gasteiger partial charge in [0, 0.05) is 41.8 Å². The first kappa shape index (κ1) is 26.5. The molecule has 3 heterocycles. The number of amides is 2. The molecule has 2 amide bonds. The number of hydrogen-bond acceptors (Lipinski definition) is 6. The summed E-state index contributed by atoms with van der Waals surface area (Å²) >= 11 is 0. The molecule has 12 heteroatoms. The van der Waals surface area contributed by atoms with E-state index < -0.39 is 23.1 Å². The molecule has 0 unspecified atom stereocenters. The van der Waals surface area contributed by atoms with E-state index in [1.807, 2.05) is 27.0 Å². The average molecular weight is 562 g/mol. The molecule has 2 aromatic carbocycles. The SMILES string of the molecule is Cc1cc(Nc2ncc3c(n2)C2(CC2)C(=O)N(c2cc(NC(=O)c4cccc(C(F)(F)F)c4)ccc2C)C3)n(C)n1. The number of hydrogen-bond donors (Lipinski definition) is 2. The van der Waals surface area contributed by atoms with Crippen LogP contribution in [0.25, 0.3) is 0 Å². The number of benzene rings is 2. The summed E-state index contributed by atoms with van der Waals surface area (Å²) in [5, 5.41) is 10.2. The lowest BCUT2D eigenvalue weighted by atomic mass is 9.91. The van der Waals surface area contributed by atoms with Gasteiger partial charge in [-0.3, -0.25) is 14.3 Å². The maximum Gasteiger partial charge on any atom is 0.416 e. The fraction of sp³-hybridized carbons (Fsp3) is 0.276. The van der Waals surface area contributed by atoms with Crippen LogP contribution < -0.4 is 15.5 Å². The van der Waals surface area contributed by atoms with Gasteiger partial charge in [0.15, 0.2) is 0 Å². The zero-order valence-electron chi connectivity index (χ0n) is 22.5. The summed E-state index contributed by atoms with van der Waals surface area (Å²) in [6.07, 6.45) is -1.53. The quantitative estimate of drug-likeness (QED) is 0.337. The van der Waals surface area contributed by atoms with Crippen molar-refractivity contribution in [2.24, 2.45) is 7.05 Å². The highest BCUT2D eigenvalue weighted by Gasteiger charge is 2.58. The smallest absolute Gasteiger partial charge is 0.322 e. The average Bonchev–Trinajstić information content (AvgIpc) is 3.66. The van der Waals surface area contributed by atoms with Gasteiger partial charge in [0.2, 0.25) is 11.9 Å². The van der Waals surface area contributed by atoms with Crippen LogP contribution in [0.1, 0.15) is 51.3 Å². The third kappa shape index (κ3) is 4.79. The van der Waals surface area contributed by atoms with E-state index in [2.05, 4.69) is 20.7 Å². The minimum atomic E-state index is -4.56. The molecule has 0 saturated heterocycles. The van der Waals surface area contributed by atoms with Crippen LogP contribution in [-0.4, -0.2) is 31.6 Å². The van der Waals surface area contributed by atoms with Crippen LogP contribution in [-0.2, 0) is 30.0 Å². The van der Waals surface area contributed by atoms with Crippen molar-refractivity contribution < 1.29 is 22.8 Å². The molecule has 9 nitrogen and oxygen atoms in total. The van der Waals surface area contributed by atoms with Crippen molar-refractivity contribution in [3.05, 3.63) is 88.4 Å². The van der Waals surface area contributed by atoms with E-state index in [-0.39, 0.29) is 18.0 Å². The molecule has 4 aromatic rings. The standard InChI is InChI=1S/C29H26F3N7O2/c1-16-7-8-21(34-25(40)18-5-4-6-20(12-18)29(30,31)32)13-22(16)39-15-19-14-33-27(35-23-11-17(2)37-38(23)3)36-24(19)28(9-10-28)26(39)41/h4-8,11-14H,9-10,15H2,1-3H3,(H,34,40)(H,33,35,36). The van der Waals surface area contributed by atoms with Crippen LogP contribution >= 0.6 is 0 Å². The molecule has 1 saturated carbocycles. The third-order valence-electron chi connectivity index (χ3n) is 7.50. The fourth-order valence-corrected chi connectivity index (χ4v) is 5.23. The second-order valence-corrected chi connectivity index (χ2v) is 10.5. The Hall–Kier alpha value is -4.74. The molecule has 210 valence electrons. The van der Waals surface area contributed by atoms with E-state index in [9.17, 15) is 22.8 Å². The number of anilines is 4.